The number of carbonyl (C=O) groups is 2. The van der Waals surface area contributed by atoms with E-state index < -0.39 is 0 Å². The average Bonchev–Trinajstić information content (AvgIpc) is 3.25. The molecule has 0 aromatic carbocycles. The fraction of sp³-hybridized carbons (Fsp3) is 0.778. The van der Waals surface area contributed by atoms with E-state index in [9.17, 15) is 9.59 Å². The summed E-state index contributed by atoms with van der Waals surface area (Å²) in [5, 5.41) is 15.0. The standard InChI is InChI=1S/C18H26N6O2.ClH/c25-16-5-1-3-13-11-7-12(9-19-8-11)17(24(13)16)18(26)20-10-15-22-21-14-4-2-6-23(14)15;/h11-13,17,19H,1-10H2,(H,20,26);1H/t11-,12+,13+,17-;/m1./s1. The van der Waals surface area contributed by atoms with E-state index in [1.54, 1.807) is 0 Å². The molecule has 8 nitrogen and oxygen atoms in total. The summed E-state index contributed by atoms with van der Waals surface area (Å²) in [6.45, 7) is 3.09. The number of amides is 2. The van der Waals surface area contributed by atoms with E-state index in [2.05, 4.69) is 25.4 Å². The molecule has 2 amide bonds. The summed E-state index contributed by atoms with van der Waals surface area (Å²) in [6.07, 6.45) is 5.63. The number of aryl methyl sites for hydroxylation is 1. The van der Waals surface area contributed by atoms with Gasteiger partial charge >= 0.3 is 0 Å². The predicted octanol–water partition coefficient (Wildman–Crippen LogP) is 0.251. The van der Waals surface area contributed by atoms with Crippen LogP contribution in [0.1, 0.15) is 43.8 Å². The zero-order valence-electron chi connectivity index (χ0n) is 15.4. The zero-order chi connectivity index (χ0) is 17.7. The Morgan fingerprint density at radius 2 is 2.04 bits per heavy atom. The maximum atomic E-state index is 13.1. The molecule has 0 radical (unpaired) electrons. The molecule has 148 valence electrons. The molecule has 1 aromatic rings. The number of piperidine rings is 3. The number of hydrogen-bond donors (Lipinski definition) is 2. The minimum absolute atomic E-state index is 0. The van der Waals surface area contributed by atoms with Crippen LogP contribution in [0, 0.1) is 11.8 Å². The quantitative estimate of drug-likeness (QED) is 0.766. The molecule has 0 aliphatic carbocycles. The van der Waals surface area contributed by atoms with Gasteiger partial charge in [-0.3, -0.25) is 9.59 Å². The lowest BCUT2D eigenvalue weighted by molar-refractivity contribution is -0.157. The van der Waals surface area contributed by atoms with Crippen LogP contribution in [0.3, 0.4) is 0 Å². The van der Waals surface area contributed by atoms with E-state index in [1.165, 1.54) is 0 Å². The monoisotopic (exact) mass is 394 g/mol. The fourth-order valence-electron chi connectivity index (χ4n) is 5.46. The lowest BCUT2D eigenvalue weighted by Gasteiger charge is -2.53. The Morgan fingerprint density at radius 1 is 1.19 bits per heavy atom. The van der Waals surface area contributed by atoms with Crippen molar-refractivity contribution >= 4 is 24.2 Å². The van der Waals surface area contributed by atoms with Gasteiger partial charge in [0.05, 0.1) is 6.54 Å². The maximum absolute atomic E-state index is 13.1. The Balaban J connectivity index is 0.00000180. The van der Waals surface area contributed by atoms with Crippen molar-refractivity contribution < 1.29 is 9.59 Å². The third-order valence-electron chi connectivity index (χ3n) is 6.62. The molecule has 4 aliphatic rings. The molecule has 0 spiro atoms. The first-order chi connectivity index (χ1) is 12.7. The van der Waals surface area contributed by atoms with Gasteiger partial charge in [-0.1, -0.05) is 0 Å². The van der Waals surface area contributed by atoms with E-state index in [4.69, 9.17) is 0 Å². The first-order valence-electron chi connectivity index (χ1n) is 9.93. The van der Waals surface area contributed by atoms with Crippen LogP contribution < -0.4 is 10.6 Å². The second-order valence-electron chi connectivity index (χ2n) is 8.12. The molecular weight excluding hydrogens is 368 g/mol. The molecule has 5 heterocycles. The Bertz CT molecular complexity index is 737. The van der Waals surface area contributed by atoms with Crippen molar-refractivity contribution in [3.63, 3.8) is 0 Å². The van der Waals surface area contributed by atoms with E-state index in [1.807, 2.05) is 4.90 Å². The fourth-order valence-corrected chi connectivity index (χ4v) is 5.46. The Kier molecular flexibility index (Phi) is 5.11. The summed E-state index contributed by atoms with van der Waals surface area (Å²) in [5.74, 6) is 2.65. The van der Waals surface area contributed by atoms with Crippen LogP contribution in [0.4, 0.5) is 0 Å². The second kappa shape index (κ2) is 7.39. The highest BCUT2D eigenvalue weighted by Gasteiger charge is 2.50. The van der Waals surface area contributed by atoms with Crippen molar-refractivity contribution in [2.24, 2.45) is 11.8 Å². The molecule has 1 aromatic heterocycles. The minimum atomic E-state index is -0.349. The minimum Gasteiger partial charge on any atom is -0.347 e. The molecular formula is C18H27ClN6O2. The summed E-state index contributed by atoms with van der Waals surface area (Å²) in [6, 6.07) is -0.133. The third kappa shape index (κ3) is 3.12. The molecule has 0 saturated carbocycles. The Morgan fingerprint density at radius 3 is 2.93 bits per heavy atom. The summed E-state index contributed by atoms with van der Waals surface area (Å²) < 4.78 is 2.11. The number of fused-ring (bicyclic) bond motifs is 5. The van der Waals surface area contributed by atoms with Crippen LogP contribution in [0.25, 0.3) is 0 Å². The highest BCUT2D eigenvalue weighted by molar-refractivity contribution is 5.89. The van der Waals surface area contributed by atoms with E-state index in [0.29, 0.717) is 18.9 Å². The van der Waals surface area contributed by atoms with Gasteiger partial charge in [0.1, 0.15) is 11.9 Å². The zero-order valence-corrected chi connectivity index (χ0v) is 16.2. The number of nitrogens with one attached hydrogen (secondary N) is 2. The van der Waals surface area contributed by atoms with Gasteiger partial charge < -0.3 is 20.1 Å². The molecule has 4 aliphatic heterocycles. The molecule has 27 heavy (non-hydrogen) atoms. The number of carbonyl (C=O) groups excluding carboxylic acids is 2. The van der Waals surface area contributed by atoms with E-state index in [0.717, 1.165) is 63.4 Å². The van der Waals surface area contributed by atoms with Gasteiger partial charge in [0.25, 0.3) is 0 Å². The molecule has 5 rings (SSSR count). The highest BCUT2D eigenvalue weighted by Crippen LogP contribution is 2.39. The van der Waals surface area contributed by atoms with Gasteiger partial charge in [-0.15, -0.1) is 22.6 Å². The molecule has 3 saturated heterocycles. The van der Waals surface area contributed by atoms with Crippen LogP contribution >= 0.6 is 12.4 Å². The largest absolute Gasteiger partial charge is 0.347 e. The summed E-state index contributed by atoms with van der Waals surface area (Å²) in [4.78, 5) is 27.7. The second-order valence-corrected chi connectivity index (χ2v) is 8.12. The van der Waals surface area contributed by atoms with Gasteiger partial charge in [0.15, 0.2) is 5.82 Å². The predicted molar refractivity (Wildman–Crippen MR) is 100 cm³/mol. The number of hydrogen-bond acceptors (Lipinski definition) is 5. The topological polar surface area (TPSA) is 92.1 Å². The van der Waals surface area contributed by atoms with Gasteiger partial charge in [-0.25, -0.2) is 0 Å². The van der Waals surface area contributed by atoms with Gasteiger partial charge in [0.2, 0.25) is 11.8 Å². The number of rotatable bonds is 3. The van der Waals surface area contributed by atoms with E-state index in [-0.39, 0.29) is 42.2 Å². The van der Waals surface area contributed by atoms with Crippen molar-refractivity contribution in [2.45, 2.75) is 63.7 Å². The average molecular weight is 395 g/mol. The van der Waals surface area contributed by atoms with Crippen molar-refractivity contribution in [3.05, 3.63) is 11.6 Å². The number of nitrogens with zero attached hydrogens (tertiary/aromatic N) is 4. The van der Waals surface area contributed by atoms with Crippen molar-refractivity contribution in [3.8, 4) is 0 Å². The van der Waals surface area contributed by atoms with Crippen molar-refractivity contribution in [2.75, 3.05) is 13.1 Å². The maximum Gasteiger partial charge on any atom is 0.243 e. The third-order valence-corrected chi connectivity index (χ3v) is 6.62. The number of halogens is 1. The van der Waals surface area contributed by atoms with Gasteiger partial charge in [-0.2, -0.15) is 0 Å². The van der Waals surface area contributed by atoms with Crippen LogP contribution in [0.2, 0.25) is 0 Å². The summed E-state index contributed by atoms with van der Waals surface area (Å²) in [7, 11) is 0. The molecule has 9 heteroatoms. The SMILES string of the molecule is Cl.O=C(NCc1nnc2n1CCC2)[C@H]1[C@@H]2CNC[C@@H](C2)[C@@H]2CCCC(=O)N21. The molecule has 4 atom stereocenters. The van der Waals surface area contributed by atoms with Crippen molar-refractivity contribution in [1.29, 1.82) is 0 Å². The van der Waals surface area contributed by atoms with Crippen LogP contribution in [0.5, 0.6) is 0 Å². The molecule has 0 unspecified atom stereocenters. The lowest BCUT2D eigenvalue weighted by Crippen LogP contribution is -2.67. The highest BCUT2D eigenvalue weighted by atomic mass is 35.5. The Hall–Kier alpha value is -1.67. The summed E-state index contributed by atoms with van der Waals surface area (Å²) >= 11 is 0. The molecule has 2 N–H and O–H groups in total. The van der Waals surface area contributed by atoms with Gasteiger partial charge in [0, 0.05) is 37.9 Å². The first-order valence-corrected chi connectivity index (χ1v) is 9.93. The lowest BCUT2D eigenvalue weighted by atomic mass is 9.72. The first kappa shape index (κ1) is 18.7. The molecule has 3 fully saturated rings. The summed E-state index contributed by atoms with van der Waals surface area (Å²) in [5.41, 5.74) is 0. The normalized spacial score (nSPS) is 31.7. The van der Waals surface area contributed by atoms with Crippen LogP contribution in [-0.2, 0) is 29.1 Å². The smallest absolute Gasteiger partial charge is 0.243 e. The Labute approximate surface area is 164 Å². The van der Waals surface area contributed by atoms with E-state index >= 15 is 0 Å². The number of aromatic nitrogens is 3. The van der Waals surface area contributed by atoms with Crippen molar-refractivity contribution in [1.82, 2.24) is 30.3 Å². The van der Waals surface area contributed by atoms with Gasteiger partial charge in [-0.05, 0) is 38.1 Å². The molecule has 2 bridgehead atoms. The van der Waals surface area contributed by atoms with Crippen LogP contribution in [0.15, 0.2) is 0 Å². The van der Waals surface area contributed by atoms with Crippen LogP contribution in [-0.4, -0.2) is 56.7 Å².